The maximum Gasteiger partial charge on any atom is 0.306 e. The number of rotatable bonds is 5. The van der Waals surface area contributed by atoms with Crippen molar-refractivity contribution in [2.45, 2.75) is 26.3 Å². The summed E-state index contributed by atoms with van der Waals surface area (Å²) in [5, 5.41) is 9.03. The summed E-state index contributed by atoms with van der Waals surface area (Å²) in [4.78, 5) is 13.4. The highest BCUT2D eigenvalue weighted by Crippen LogP contribution is 2.34. The molecular weight excluding hydrogens is 306 g/mol. The lowest BCUT2D eigenvalue weighted by Crippen LogP contribution is -2.52. The molecule has 0 radical (unpaired) electrons. The molecule has 0 aliphatic carbocycles. The molecule has 104 valence electrons. The van der Waals surface area contributed by atoms with Gasteiger partial charge in [-0.3, -0.25) is 9.69 Å². The smallest absolute Gasteiger partial charge is 0.306 e. The Bertz CT molecular complexity index is 457. The summed E-state index contributed by atoms with van der Waals surface area (Å²) in [5.41, 5.74) is 1.30. The maximum absolute atomic E-state index is 11.0. The number of carboxylic acids is 1. The van der Waals surface area contributed by atoms with Crippen LogP contribution in [-0.2, 0) is 4.79 Å². The van der Waals surface area contributed by atoms with Gasteiger partial charge in [-0.2, -0.15) is 0 Å². The van der Waals surface area contributed by atoms with E-state index in [-0.39, 0.29) is 5.92 Å². The molecule has 0 saturated carbocycles. The van der Waals surface area contributed by atoms with Gasteiger partial charge < -0.3 is 5.11 Å². The van der Waals surface area contributed by atoms with Gasteiger partial charge in [0.05, 0.1) is 5.92 Å². The van der Waals surface area contributed by atoms with Gasteiger partial charge in [-0.15, -0.1) is 0 Å². The number of nitrogens with zero attached hydrogens (tertiary/aromatic N) is 1. The first kappa shape index (κ1) is 14.5. The molecule has 1 fully saturated rings. The van der Waals surface area contributed by atoms with Crippen molar-refractivity contribution < 1.29 is 9.90 Å². The molecule has 0 aromatic heterocycles. The molecule has 1 N–H and O–H groups in total. The summed E-state index contributed by atoms with van der Waals surface area (Å²) in [7, 11) is 0. The second-order valence-electron chi connectivity index (χ2n) is 5.32. The van der Waals surface area contributed by atoms with Crippen LogP contribution in [0, 0.1) is 11.8 Å². The quantitative estimate of drug-likeness (QED) is 0.899. The summed E-state index contributed by atoms with van der Waals surface area (Å²) >= 11 is 3.51. The summed E-state index contributed by atoms with van der Waals surface area (Å²) in [6.45, 7) is 5.76. The first-order valence-corrected chi connectivity index (χ1v) is 7.54. The average molecular weight is 326 g/mol. The number of hydrogen-bond donors (Lipinski definition) is 1. The van der Waals surface area contributed by atoms with E-state index >= 15 is 0 Å². The van der Waals surface area contributed by atoms with Crippen LogP contribution in [0.4, 0.5) is 0 Å². The van der Waals surface area contributed by atoms with E-state index in [1.807, 2.05) is 13.0 Å². The van der Waals surface area contributed by atoms with E-state index in [9.17, 15) is 4.79 Å². The predicted octanol–water partition coefficient (Wildman–Crippen LogP) is 3.55. The fourth-order valence-electron chi connectivity index (χ4n) is 2.74. The first-order chi connectivity index (χ1) is 9.02. The lowest BCUT2D eigenvalue weighted by atomic mass is 9.84. The number of aliphatic carboxylic acids is 1. The zero-order valence-electron chi connectivity index (χ0n) is 11.3. The second-order valence-corrected chi connectivity index (χ2v) is 6.24. The lowest BCUT2D eigenvalue weighted by Gasteiger charge is -2.46. The highest BCUT2D eigenvalue weighted by Gasteiger charge is 2.37. The minimum absolute atomic E-state index is 0.240. The molecule has 0 spiro atoms. The number of halogens is 1. The van der Waals surface area contributed by atoms with Crippen LogP contribution in [0.25, 0.3) is 0 Å². The fourth-order valence-corrected chi connectivity index (χ4v) is 3.16. The van der Waals surface area contributed by atoms with Crippen LogP contribution < -0.4 is 0 Å². The first-order valence-electron chi connectivity index (χ1n) is 6.75. The van der Waals surface area contributed by atoms with E-state index in [1.165, 1.54) is 5.56 Å². The molecule has 1 aliphatic heterocycles. The van der Waals surface area contributed by atoms with Gasteiger partial charge in [-0.25, -0.2) is 0 Å². The van der Waals surface area contributed by atoms with Gasteiger partial charge in [-0.05, 0) is 30.0 Å². The SMILES string of the molecule is CCC(c1cccc(Br)c1)N1CC(C(C)C(=O)O)C1. The van der Waals surface area contributed by atoms with Crippen molar-refractivity contribution in [1.82, 2.24) is 4.90 Å². The van der Waals surface area contributed by atoms with Crippen LogP contribution >= 0.6 is 15.9 Å². The van der Waals surface area contributed by atoms with E-state index in [2.05, 4.69) is 46.0 Å². The number of likely N-dealkylation sites (tertiary alicyclic amines) is 1. The Morgan fingerprint density at radius 1 is 1.53 bits per heavy atom. The van der Waals surface area contributed by atoms with E-state index in [0.29, 0.717) is 12.0 Å². The topological polar surface area (TPSA) is 40.5 Å². The zero-order chi connectivity index (χ0) is 14.0. The molecule has 3 nitrogen and oxygen atoms in total. The third kappa shape index (κ3) is 3.18. The molecule has 1 saturated heterocycles. The molecule has 1 aliphatic rings. The van der Waals surface area contributed by atoms with Crippen LogP contribution in [0.1, 0.15) is 31.9 Å². The Balaban J connectivity index is 2.00. The summed E-state index contributed by atoms with van der Waals surface area (Å²) in [6.07, 6.45) is 1.05. The lowest BCUT2D eigenvalue weighted by molar-refractivity contribution is -0.146. The van der Waals surface area contributed by atoms with Crippen molar-refractivity contribution in [2.75, 3.05) is 13.1 Å². The molecule has 4 heteroatoms. The number of benzene rings is 1. The molecule has 2 rings (SSSR count). The standard InChI is InChI=1S/C15H20BrNO2/c1-3-14(11-5-4-6-13(16)7-11)17-8-12(9-17)10(2)15(18)19/h4-7,10,12,14H,3,8-9H2,1-2H3,(H,18,19). The highest BCUT2D eigenvalue weighted by molar-refractivity contribution is 9.10. The molecule has 1 heterocycles. The van der Waals surface area contributed by atoms with E-state index in [1.54, 1.807) is 0 Å². The number of hydrogen-bond acceptors (Lipinski definition) is 2. The van der Waals surface area contributed by atoms with Gasteiger partial charge in [0.25, 0.3) is 0 Å². The minimum Gasteiger partial charge on any atom is -0.481 e. The third-order valence-corrected chi connectivity index (χ3v) is 4.59. The van der Waals surface area contributed by atoms with Gasteiger partial charge >= 0.3 is 5.97 Å². The fraction of sp³-hybridized carbons (Fsp3) is 0.533. The number of carboxylic acid groups (broad SMARTS) is 1. The van der Waals surface area contributed by atoms with Crippen molar-refractivity contribution in [3.8, 4) is 0 Å². The van der Waals surface area contributed by atoms with Crippen molar-refractivity contribution in [3.63, 3.8) is 0 Å². The van der Waals surface area contributed by atoms with Gasteiger partial charge in [0.1, 0.15) is 0 Å². The monoisotopic (exact) mass is 325 g/mol. The zero-order valence-corrected chi connectivity index (χ0v) is 12.9. The van der Waals surface area contributed by atoms with Crippen LogP contribution in [0.3, 0.4) is 0 Å². The maximum atomic E-state index is 11.0. The summed E-state index contributed by atoms with van der Waals surface area (Å²) in [6, 6.07) is 8.78. The molecule has 19 heavy (non-hydrogen) atoms. The Kier molecular flexibility index (Phi) is 4.63. The molecule has 0 amide bonds. The van der Waals surface area contributed by atoms with E-state index in [4.69, 9.17) is 5.11 Å². The second kappa shape index (κ2) is 6.06. The Morgan fingerprint density at radius 2 is 2.21 bits per heavy atom. The largest absolute Gasteiger partial charge is 0.481 e. The van der Waals surface area contributed by atoms with Crippen LogP contribution in [-0.4, -0.2) is 29.1 Å². The summed E-state index contributed by atoms with van der Waals surface area (Å²) < 4.78 is 1.10. The van der Waals surface area contributed by atoms with Crippen molar-refractivity contribution in [3.05, 3.63) is 34.3 Å². The van der Waals surface area contributed by atoms with Gasteiger partial charge in [-0.1, -0.05) is 41.9 Å². The predicted molar refractivity (Wildman–Crippen MR) is 79.0 cm³/mol. The average Bonchev–Trinajstić information content (AvgIpc) is 2.32. The van der Waals surface area contributed by atoms with Crippen molar-refractivity contribution in [1.29, 1.82) is 0 Å². The molecule has 1 aromatic carbocycles. The van der Waals surface area contributed by atoms with Crippen molar-refractivity contribution >= 4 is 21.9 Å². The minimum atomic E-state index is -0.680. The Morgan fingerprint density at radius 3 is 2.74 bits per heavy atom. The van der Waals surface area contributed by atoms with E-state index < -0.39 is 5.97 Å². The van der Waals surface area contributed by atoms with Crippen LogP contribution in [0.5, 0.6) is 0 Å². The normalized spacial score (nSPS) is 19.7. The molecule has 2 atom stereocenters. The Hall–Kier alpha value is -0.870. The molecule has 0 bridgehead atoms. The molecule has 1 aromatic rings. The summed E-state index contributed by atoms with van der Waals surface area (Å²) in [5.74, 6) is -0.630. The number of carbonyl (C=O) groups is 1. The van der Waals surface area contributed by atoms with Gasteiger partial charge in [0.15, 0.2) is 0 Å². The third-order valence-electron chi connectivity index (χ3n) is 4.10. The van der Waals surface area contributed by atoms with Crippen LogP contribution in [0.15, 0.2) is 28.7 Å². The van der Waals surface area contributed by atoms with Crippen LogP contribution in [0.2, 0.25) is 0 Å². The van der Waals surface area contributed by atoms with Crippen molar-refractivity contribution in [2.24, 2.45) is 11.8 Å². The van der Waals surface area contributed by atoms with Gasteiger partial charge in [0.2, 0.25) is 0 Å². The van der Waals surface area contributed by atoms with Gasteiger partial charge in [0, 0.05) is 23.6 Å². The Labute approximate surface area is 122 Å². The molecular formula is C15H20BrNO2. The molecule has 2 unspecified atom stereocenters. The highest BCUT2D eigenvalue weighted by atomic mass is 79.9. The van der Waals surface area contributed by atoms with E-state index in [0.717, 1.165) is 24.0 Å².